The summed E-state index contributed by atoms with van der Waals surface area (Å²) in [7, 11) is 0. The SMILES string of the molecule is CC(C)(C)CCC(=O)C[C@@H]1CCOC1. The summed E-state index contributed by atoms with van der Waals surface area (Å²) in [6.45, 7) is 8.18. The summed E-state index contributed by atoms with van der Waals surface area (Å²) in [5.74, 6) is 0.915. The van der Waals surface area contributed by atoms with Crippen molar-refractivity contribution in [2.24, 2.45) is 11.3 Å². The summed E-state index contributed by atoms with van der Waals surface area (Å²) in [5, 5.41) is 0. The van der Waals surface area contributed by atoms with E-state index < -0.39 is 0 Å². The number of carbonyl (C=O) groups is 1. The van der Waals surface area contributed by atoms with Crippen LogP contribution in [0.1, 0.15) is 46.5 Å². The van der Waals surface area contributed by atoms with Crippen LogP contribution in [-0.2, 0) is 9.53 Å². The van der Waals surface area contributed by atoms with E-state index >= 15 is 0 Å². The van der Waals surface area contributed by atoms with Crippen molar-refractivity contribution in [2.75, 3.05) is 13.2 Å². The molecule has 1 fully saturated rings. The molecular weight excluding hydrogens is 176 g/mol. The fourth-order valence-corrected chi connectivity index (χ4v) is 1.68. The molecule has 1 aliphatic rings. The Morgan fingerprint density at radius 3 is 2.64 bits per heavy atom. The lowest BCUT2D eigenvalue weighted by molar-refractivity contribution is -0.120. The second kappa shape index (κ2) is 4.92. The van der Waals surface area contributed by atoms with Gasteiger partial charge in [0.25, 0.3) is 0 Å². The van der Waals surface area contributed by atoms with Crippen LogP contribution in [0.5, 0.6) is 0 Å². The van der Waals surface area contributed by atoms with Gasteiger partial charge < -0.3 is 4.74 Å². The Morgan fingerprint density at radius 2 is 2.14 bits per heavy atom. The molecule has 0 bridgehead atoms. The maximum atomic E-state index is 11.6. The van der Waals surface area contributed by atoms with Gasteiger partial charge in [0.2, 0.25) is 0 Å². The van der Waals surface area contributed by atoms with E-state index in [4.69, 9.17) is 4.74 Å². The predicted molar refractivity (Wildman–Crippen MR) is 57.2 cm³/mol. The van der Waals surface area contributed by atoms with E-state index in [0.717, 1.165) is 38.9 Å². The van der Waals surface area contributed by atoms with Gasteiger partial charge in [0.15, 0.2) is 0 Å². The van der Waals surface area contributed by atoms with Crippen molar-refractivity contribution >= 4 is 5.78 Å². The van der Waals surface area contributed by atoms with Gasteiger partial charge in [-0.15, -0.1) is 0 Å². The molecule has 0 N–H and O–H groups in total. The first-order valence-corrected chi connectivity index (χ1v) is 5.57. The Morgan fingerprint density at radius 1 is 1.43 bits per heavy atom. The molecule has 0 aromatic heterocycles. The van der Waals surface area contributed by atoms with Crippen LogP contribution in [-0.4, -0.2) is 19.0 Å². The van der Waals surface area contributed by atoms with Crippen molar-refractivity contribution in [3.05, 3.63) is 0 Å². The minimum atomic E-state index is 0.280. The molecule has 2 nitrogen and oxygen atoms in total. The number of carbonyl (C=O) groups excluding carboxylic acids is 1. The van der Waals surface area contributed by atoms with Crippen LogP contribution in [0.25, 0.3) is 0 Å². The van der Waals surface area contributed by atoms with Crippen LogP contribution in [0.4, 0.5) is 0 Å². The predicted octanol–water partition coefficient (Wildman–Crippen LogP) is 2.81. The smallest absolute Gasteiger partial charge is 0.133 e. The Bertz CT molecular complexity index is 185. The largest absolute Gasteiger partial charge is 0.381 e. The molecule has 0 saturated carbocycles. The number of hydrogen-bond donors (Lipinski definition) is 0. The van der Waals surface area contributed by atoms with Crippen LogP contribution in [0.3, 0.4) is 0 Å². The highest BCUT2D eigenvalue weighted by Gasteiger charge is 2.20. The maximum absolute atomic E-state index is 11.6. The average Bonchev–Trinajstić information content (AvgIpc) is 2.52. The van der Waals surface area contributed by atoms with E-state index in [1.165, 1.54) is 0 Å². The molecule has 0 aliphatic carbocycles. The third kappa shape index (κ3) is 4.75. The van der Waals surface area contributed by atoms with Crippen LogP contribution in [0.2, 0.25) is 0 Å². The standard InChI is InChI=1S/C12H22O2/c1-12(2,3)6-4-11(13)8-10-5-7-14-9-10/h10H,4-9H2,1-3H3/t10-/m0/s1. The third-order valence-corrected chi connectivity index (χ3v) is 2.69. The Kier molecular flexibility index (Phi) is 4.11. The lowest BCUT2D eigenvalue weighted by atomic mass is 9.88. The maximum Gasteiger partial charge on any atom is 0.133 e. The third-order valence-electron chi connectivity index (χ3n) is 2.69. The minimum Gasteiger partial charge on any atom is -0.381 e. The molecule has 82 valence electrons. The molecule has 0 aromatic carbocycles. The van der Waals surface area contributed by atoms with Gasteiger partial charge in [0.05, 0.1) is 0 Å². The second-order valence-electron chi connectivity index (χ2n) is 5.53. The highest BCUT2D eigenvalue weighted by molar-refractivity contribution is 5.78. The number of rotatable bonds is 4. The lowest BCUT2D eigenvalue weighted by Gasteiger charge is -2.17. The lowest BCUT2D eigenvalue weighted by Crippen LogP contribution is -2.12. The molecule has 1 atom stereocenters. The molecule has 0 aromatic rings. The van der Waals surface area contributed by atoms with Crippen molar-refractivity contribution in [3.8, 4) is 0 Å². The van der Waals surface area contributed by atoms with Crippen LogP contribution in [0.15, 0.2) is 0 Å². The zero-order valence-corrected chi connectivity index (χ0v) is 9.64. The Balaban J connectivity index is 2.15. The van der Waals surface area contributed by atoms with Gasteiger partial charge in [-0.05, 0) is 24.2 Å². The fraction of sp³-hybridized carbons (Fsp3) is 0.917. The summed E-state index contributed by atoms with van der Waals surface area (Å²) in [6.07, 6.45) is 3.54. The van der Waals surface area contributed by atoms with E-state index in [9.17, 15) is 4.79 Å². The zero-order valence-electron chi connectivity index (χ0n) is 9.64. The van der Waals surface area contributed by atoms with E-state index in [1.807, 2.05) is 0 Å². The molecule has 14 heavy (non-hydrogen) atoms. The monoisotopic (exact) mass is 198 g/mol. The summed E-state index contributed by atoms with van der Waals surface area (Å²) >= 11 is 0. The van der Waals surface area contributed by atoms with Crippen molar-refractivity contribution in [1.29, 1.82) is 0 Å². The first-order valence-electron chi connectivity index (χ1n) is 5.57. The van der Waals surface area contributed by atoms with E-state index in [0.29, 0.717) is 11.7 Å². The summed E-state index contributed by atoms with van der Waals surface area (Å²) in [5.41, 5.74) is 0.280. The Hall–Kier alpha value is -0.370. The molecule has 0 spiro atoms. The van der Waals surface area contributed by atoms with E-state index in [-0.39, 0.29) is 5.41 Å². The van der Waals surface area contributed by atoms with Gasteiger partial charge in [-0.1, -0.05) is 20.8 Å². The molecule has 0 unspecified atom stereocenters. The van der Waals surface area contributed by atoms with Crippen molar-refractivity contribution in [3.63, 3.8) is 0 Å². The molecule has 1 rings (SSSR count). The topological polar surface area (TPSA) is 26.3 Å². The van der Waals surface area contributed by atoms with Gasteiger partial charge in [0, 0.05) is 26.1 Å². The van der Waals surface area contributed by atoms with Gasteiger partial charge in [-0.2, -0.15) is 0 Å². The normalized spacial score (nSPS) is 22.6. The molecule has 1 saturated heterocycles. The first-order chi connectivity index (χ1) is 6.47. The number of ketones is 1. The van der Waals surface area contributed by atoms with Gasteiger partial charge in [0.1, 0.15) is 5.78 Å². The Labute approximate surface area is 87.0 Å². The molecule has 1 aliphatic heterocycles. The summed E-state index contributed by atoms with van der Waals surface area (Å²) < 4.78 is 5.25. The van der Waals surface area contributed by atoms with Gasteiger partial charge >= 0.3 is 0 Å². The molecular formula is C12H22O2. The van der Waals surface area contributed by atoms with Crippen LogP contribution >= 0.6 is 0 Å². The van der Waals surface area contributed by atoms with E-state index in [2.05, 4.69) is 20.8 Å². The van der Waals surface area contributed by atoms with Crippen LogP contribution in [0, 0.1) is 11.3 Å². The summed E-state index contributed by atoms with van der Waals surface area (Å²) in [6, 6.07) is 0. The zero-order chi connectivity index (χ0) is 10.6. The number of ether oxygens (including phenoxy) is 1. The molecule has 0 radical (unpaired) electrons. The average molecular weight is 198 g/mol. The van der Waals surface area contributed by atoms with Gasteiger partial charge in [-0.3, -0.25) is 4.79 Å². The van der Waals surface area contributed by atoms with E-state index in [1.54, 1.807) is 0 Å². The summed E-state index contributed by atoms with van der Waals surface area (Å²) in [4.78, 5) is 11.6. The number of Topliss-reactive ketones (excluding diaryl/α,β-unsaturated/α-hetero) is 1. The second-order valence-corrected chi connectivity index (χ2v) is 5.53. The highest BCUT2D eigenvalue weighted by Crippen LogP contribution is 2.23. The van der Waals surface area contributed by atoms with Crippen LogP contribution < -0.4 is 0 Å². The first kappa shape index (κ1) is 11.7. The van der Waals surface area contributed by atoms with Gasteiger partial charge in [-0.25, -0.2) is 0 Å². The minimum absolute atomic E-state index is 0.280. The number of hydrogen-bond acceptors (Lipinski definition) is 2. The quantitative estimate of drug-likeness (QED) is 0.694. The molecule has 1 heterocycles. The van der Waals surface area contributed by atoms with Crippen molar-refractivity contribution in [2.45, 2.75) is 46.5 Å². The van der Waals surface area contributed by atoms with Crippen molar-refractivity contribution < 1.29 is 9.53 Å². The molecule has 0 amide bonds. The van der Waals surface area contributed by atoms with Crippen molar-refractivity contribution in [1.82, 2.24) is 0 Å². The highest BCUT2D eigenvalue weighted by atomic mass is 16.5. The molecule has 2 heteroatoms. The fourth-order valence-electron chi connectivity index (χ4n) is 1.68.